The third-order valence-corrected chi connectivity index (χ3v) is 6.29. The van der Waals surface area contributed by atoms with E-state index in [9.17, 15) is 14.7 Å². The summed E-state index contributed by atoms with van der Waals surface area (Å²) in [5.41, 5.74) is 2.12. The molecule has 0 radical (unpaired) electrons. The highest BCUT2D eigenvalue weighted by atomic mass is 35.5. The molecule has 1 amide bonds. The first kappa shape index (κ1) is 25.1. The first-order valence-corrected chi connectivity index (χ1v) is 11.7. The van der Waals surface area contributed by atoms with Gasteiger partial charge in [-0.3, -0.25) is 14.5 Å². The molecule has 1 atom stereocenters. The number of amides is 1. The van der Waals surface area contributed by atoms with Crippen molar-refractivity contribution >= 4 is 34.7 Å². The highest BCUT2D eigenvalue weighted by Gasteiger charge is 2.47. The Morgan fingerprint density at radius 2 is 1.69 bits per heavy atom. The predicted octanol–water partition coefficient (Wildman–Crippen LogP) is 5.69. The summed E-state index contributed by atoms with van der Waals surface area (Å²) < 4.78 is 16.4. The van der Waals surface area contributed by atoms with Crippen LogP contribution in [-0.4, -0.2) is 37.6 Å². The van der Waals surface area contributed by atoms with Crippen molar-refractivity contribution in [1.29, 1.82) is 0 Å². The number of benzene rings is 3. The lowest BCUT2D eigenvalue weighted by Gasteiger charge is -2.26. The zero-order valence-corrected chi connectivity index (χ0v) is 21.1. The van der Waals surface area contributed by atoms with Crippen LogP contribution in [0, 0.1) is 6.92 Å². The van der Waals surface area contributed by atoms with E-state index in [4.69, 9.17) is 25.8 Å². The Morgan fingerprint density at radius 1 is 0.972 bits per heavy atom. The maximum absolute atomic E-state index is 13.4. The Bertz CT molecular complexity index is 1350. The Balaban J connectivity index is 1.97. The Morgan fingerprint density at radius 3 is 2.31 bits per heavy atom. The molecule has 0 spiro atoms. The average Bonchev–Trinajstić information content (AvgIpc) is 3.14. The molecule has 7 nitrogen and oxygen atoms in total. The summed E-state index contributed by atoms with van der Waals surface area (Å²) in [4.78, 5) is 28.1. The number of aliphatic hydroxyl groups excluding tert-OH is 1. The van der Waals surface area contributed by atoms with E-state index < -0.39 is 17.7 Å². The molecule has 1 heterocycles. The largest absolute Gasteiger partial charge is 0.507 e. The smallest absolute Gasteiger partial charge is 0.300 e. The van der Waals surface area contributed by atoms with Gasteiger partial charge in [-0.1, -0.05) is 17.7 Å². The average molecular weight is 508 g/mol. The van der Waals surface area contributed by atoms with Crippen molar-refractivity contribution in [3.05, 3.63) is 87.9 Å². The summed E-state index contributed by atoms with van der Waals surface area (Å²) in [5.74, 6) is -0.252. The third kappa shape index (κ3) is 4.50. The second-order valence-electron chi connectivity index (χ2n) is 8.17. The number of ether oxygens (including phenoxy) is 3. The number of hydrogen-bond acceptors (Lipinski definition) is 6. The second-order valence-corrected chi connectivity index (χ2v) is 8.61. The van der Waals surface area contributed by atoms with E-state index in [0.717, 1.165) is 0 Å². The minimum Gasteiger partial charge on any atom is -0.507 e. The van der Waals surface area contributed by atoms with Gasteiger partial charge in [0.05, 0.1) is 32.4 Å². The third-order valence-electron chi connectivity index (χ3n) is 6.04. The Kier molecular flexibility index (Phi) is 7.22. The number of halogens is 1. The van der Waals surface area contributed by atoms with Crippen LogP contribution in [-0.2, 0) is 9.59 Å². The molecule has 36 heavy (non-hydrogen) atoms. The lowest BCUT2D eigenvalue weighted by Crippen LogP contribution is -2.29. The fourth-order valence-corrected chi connectivity index (χ4v) is 4.45. The molecule has 1 N–H and O–H groups in total. The molecule has 4 rings (SSSR count). The Hall–Kier alpha value is -3.97. The van der Waals surface area contributed by atoms with Crippen molar-refractivity contribution in [1.82, 2.24) is 0 Å². The van der Waals surface area contributed by atoms with Crippen molar-refractivity contribution in [3.8, 4) is 17.2 Å². The number of Topliss-reactive ketones (excluding diaryl/α,β-unsaturated/α-hetero) is 1. The molecule has 1 saturated heterocycles. The van der Waals surface area contributed by atoms with Gasteiger partial charge in [-0.25, -0.2) is 0 Å². The molecule has 0 saturated carbocycles. The molecule has 1 fully saturated rings. The first-order valence-electron chi connectivity index (χ1n) is 11.3. The van der Waals surface area contributed by atoms with Crippen molar-refractivity contribution in [2.24, 2.45) is 0 Å². The number of methoxy groups -OCH3 is 2. The zero-order chi connectivity index (χ0) is 26.0. The molecule has 1 unspecified atom stereocenters. The van der Waals surface area contributed by atoms with Gasteiger partial charge < -0.3 is 19.3 Å². The van der Waals surface area contributed by atoms with Crippen LogP contribution in [0.1, 0.15) is 29.7 Å². The molecule has 0 bridgehead atoms. The van der Waals surface area contributed by atoms with Crippen molar-refractivity contribution in [2.75, 3.05) is 25.7 Å². The van der Waals surface area contributed by atoms with Gasteiger partial charge in [0.15, 0.2) is 11.5 Å². The van der Waals surface area contributed by atoms with Crippen LogP contribution in [0.4, 0.5) is 5.69 Å². The van der Waals surface area contributed by atoms with E-state index in [1.165, 1.54) is 12.0 Å². The van der Waals surface area contributed by atoms with Gasteiger partial charge in [0.1, 0.15) is 11.5 Å². The number of rotatable bonds is 7. The molecule has 8 heteroatoms. The van der Waals surface area contributed by atoms with E-state index in [1.807, 2.05) is 6.92 Å². The summed E-state index contributed by atoms with van der Waals surface area (Å²) in [6.45, 7) is 4.03. The molecular formula is C28H26ClNO6. The van der Waals surface area contributed by atoms with Crippen molar-refractivity contribution < 1.29 is 28.9 Å². The monoisotopic (exact) mass is 507 g/mol. The highest BCUT2D eigenvalue weighted by Crippen LogP contribution is 2.44. The van der Waals surface area contributed by atoms with Crippen LogP contribution in [0.2, 0.25) is 5.02 Å². The lowest BCUT2D eigenvalue weighted by molar-refractivity contribution is -0.132. The number of aryl methyl sites for hydroxylation is 1. The predicted molar refractivity (Wildman–Crippen MR) is 138 cm³/mol. The van der Waals surface area contributed by atoms with Gasteiger partial charge in [-0.2, -0.15) is 0 Å². The number of hydrogen-bond donors (Lipinski definition) is 1. The number of carbonyl (C=O) groups is 2. The van der Waals surface area contributed by atoms with E-state index >= 15 is 0 Å². The van der Waals surface area contributed by atoms with Gasteiger partial charge in [-0.15, -0.1) is 0 Å². The molecular weight excluding hydrogens is 482 g/mol. The van der Waals surface area contributed by atoms with Crippen LogP contribution in [0.15, 0.2) is 66.2 Å². The van der Waals surface area contributed by atoms with Crippen LogP contribution in [0.25, 0.3) is 5.76 Å². The maximum Gasteiger partial charge on any atom is 0.300 e. The summed E-state index contributed by atoms with van der Waals surface area (Å²) in [6, 6.07) is 16.0. The van der Waals surface area contributed by atoms with Gasteiger partial charge in [0.25, 0.3) is 11.7 Å². The minimum absolute atomic E-state index is 0.0316. The first-order chi connectivity index (χ1) is 17.3. The summed E-state index contributed by atoms with van der Waals surface area (Å²) >= 11 is 6.07. The normalized spacial score (nSPS) is 16.8. The molecule has 1 aliphatic rings. The number of carbonyl (C=O) groups excluding carboxylic acids is 2. The SMILES string of the molecule is CCOc1cc(C2/C(=C(\O)c3ccc(OC)cc3C)C(=O)C(=O)N2c2ccc(Cl)cc2)ccc1OC. The van der Waals surface area contributed by atoms with E-state index in [1.54, 1.807) is 74.7 Å². The summed E-state index contributed by atoms with van der Waals surface area (Å²) in [5, 5.41) is 11.9. The minimum atomic E-state index is -0.919. The van der Waals surface area contributed by atoms with Gasteiger partial charge >= 0.3 is 0 Å². The van der Waals surface area contributed by atoms with Gasteiger partial charge in [-0.05, 0) is 79.6 Å². The summed E-state index contributed by atoms with van der Waals surface area (Å²) in [6.07, 6.45) is 0. The molecule has 3 aromatic carbocycles. The number of aliphatic hydroxyl groups is 1. The van der Waals surface area contributed by atoms with E-state index in [-0.39, 0.29) is 11.3 Å². The van der Waals surface area contributed by atoms with Crippen LogP contribution < -0.4 is 19.1 Å². The quantitative estimate of drug-likeness (QED) is 0.251. The number of anilines is 1. The summed E-state index contributed by atoms with van der Waals surface area (Å²) in [7, 11) is 3.08. The standard InChI is InChI=1S/C28H26ClNO6/c1-5-36-23-15-17(6-13-22(23)35-4)25-24(26(31)21-12-11-20(34-3)14-16(21)2)27(32)28(33)30(25)19-9-7-18(29)8-10-19/h6-15,25,31H,5H2,1-4H3/b26-24+. The molecule has 1 aliphatic heterocycles. The molecule has 0 aromatic heterocycles. The van der Waals surface area contributed by atoms with Crippen LogP contribution in [0.3, 0.4) is 0 Å². The van der Waals surface area contributed by atoms with Crippen LogP contribution in [0.5, 0.6) is 17.2 Å². The number of nitrogens with zero attached hydrogens (tertiary/aromatic N) is 1. The second kappa shape index (κ2) is 10.3. The van der Waals surface area contributed by atoms with Crippen molar-refractivity contribution in [2.45, 2.75) is 19.9 Å². The fraction of sp³-hybridized carbons (Fsp3) is 0.214. The highest BCUT2D eigenvalue weighted by molar-refractivity contribution is 6.51. The molecule has 0 aliphatic carbocycles. The molecule has 3 aromatic rings. The zero-order valence-electron chi connectivity index (χ0n) is 20.4. The molecule has 186 valence electrons. The lowest BCUT2D eigenvalue weighted by atomic mass is 9.93. The topological polar surface area (TPSA) is 85.3 Å². The van der Waals surface area contributed by atoms with Gasteiger partial charge in [0, 0.05) is 16.3 Å². The number of ketones is 1. The van der Waals surface area contributed by atoms with Crippen LogP contribution >= 0.6 is 11.6 Å². The van der Waals surface area contributed by atoms with E-state index in [2.05, 4.69) is 0 Å². The van der Waals surface area contributed by atoms with Crippen molar-refractivity contribution in [3.63, 3.8) is 0 Å². The maximum atomic E-state index is 13.4. The van der Waals surface area contributed by atoms with E-state index in [0.29, 0.717) is 51.3 Å². The Labute approximate surface area is 214 Å². The van der Waals surface area contributed by atoms with Gasteiger partial charge in [0.2, 0.25) is 0 Å². The fourth-order valence-electron chi connectivity index (χ4n) is 4.32.